The minimum atomic E-state index is 0.206. The van der Waals surface area contributed by atoms with Crippen LogP contribution in [0.4, 0.5) is 0 Å². The second-order valence-electron chi connectivity index (χ2n) is 7.74. The molecular formula is C23H31NO3. The number of nitrogens with one attached hydrogen (secondary N) is 1. The van der Waals surface area contributed by atoms with Crippen LogP contribution in [0.1, 0.15) is 51.2 Å². The summed E-state index contributed by atoms with van der Waals surface area (Å²) < 4.78 is 16.6. The SMILES string of the molecule is CC(C)Oc1ccc([C@H](CCNCc2ccc3c(c2)OCO3)C(C)C)cc1. The summed E-state index contributed by atoms with van der Waals surface area (Å²) in [4.78, 5) is 0. The maximum absolute atomic E-state index is 5.76. The highest BCUT2D eigenvalue weighted by Gasteiger charge is 2.16. The molecule has 0 bridgehead atoms. The molecule has 1 atom stereocenters. The molecule has 0 aromatic heterocycles. The molecule has 4 nitrogen and oxygen atoms in total. The first kappa shape index (κ1) is 19.6. The molecule has 1 N–H and O–H groups in total. The summed E-state index contributed by atoms with van der Waals surface area (Å²) >= 11 is 0. The van der Waals surface area contributed by atoms with Crippen LogP contribution in [-0.2, 0) is 6.54 Å². The summed E-state index contributed by atoms with van der Waals surface area (Å²) in [5, 5.41) is 3.56. The monoisotopic (exact) mass is 369 g/mol. The molecule has 146 valence electrons. The van der Waals surface area contributed by atoms with Gasteiger partial charge in [0.25, 0.3) is 0 Å². The minimum Gasteiger partial charge on any atom is -0.491 e. The van der Waals surface area contributed by atoms with Crippen molar-refractivity contribution in [2.45, 2.75) is 52.7 Å². The van der Waals surface area contributed by atoms with Crippen molar-refractivity contribution < 1.29 is 14.2 Å². The fourth-order valence-corrected chi connectivity index (χ4v) is 3.49. The standard InChI is InChI=1S/C23H31NO3/c1-16(2)21(19-6-8-20(9-7-19)27-17(3)4)11-12-24-14-18-5-10-22-23(13-18)26-15-25-22/h5-10,13,16-17,21,24H,11-12,14-15H2,1-4H3/t21-/m1/s1. The van der Waals surface area contributed by atoms with E-state index in [9.17, 15) is 0 Å². The van der Waals surface area contributed by atoms with Crippen molar-refractivity contribution in [3.63, 3.8) is 0 Å². The molecule has 2 aromatic rings. The van der Waals surface area contributed by atoms with Crippen molar-refractivity contribution in [3.05, 3.63) is 53.6 Å². The zero-order valence-electron chi connectivity index (χ0n) is 16.8. The quantitative estimate of drug-likeness (QED) is 0.623. The molecule has 1 aliphatic rings. The molecule has 4 heteroatoms. The van der Waals surface area contributed by atoms with Gasteiger partial charge >= 0.3 is 0 Å². The molecule has 0 unspecified atom stereocenters. The van der Waals surface area contributed by atoms with Crippen molar-refractivity contribution in [2.75, 3.05) is 13.3 Å². The van der Waals surface area contributed by atoms with Crippen molar-refractivity contribution in [1.29, 1.82) is 0 Å². The first-order chi connectivity index (χ1) is 13.0. The molecule has 0 amide bonds. The zero-order valence-corrected chi connectivity index (χ0v) is 16.8. The highest BCUT2D eigenvalue weighted by molar-refractivity contribution is 5.44. The number of hydrogen-bond donors (Lipinski definition) is 1. The Bertz CT molecular complexity index is 725. The predicted octanol–water partition coefficient (Wildman–Crippen LogP) is 5.12. The largest absolute Gasteiger partial charge is 0.491 e. The van der Waals surface area contributed by atoms with Crippen molar-refractivity contribution >= 4 is 0 Å². The van der Waals surface area contributed by atoms with Crippen LogP contribution in [0.2, 0.25) is 0 Å². The molecule has 0 aliphatic carbocycles. The van der Waals surface area contributed by atoms with Crippen LogP contribution in [0.5, 0.6) is 17.2 Å². The maximum atomic E-state index is 5.76. The first-order valence-corrected chi connectivity index (χ1v) is 9.89. The lowest BCUT2D eigenvalue weighted by Crippen LogP contribution is -2.19. The number of hydrogen-bond acceptors (Lipinski definition) is 4. The Morgan fingerprint density at radius 2 is 1.70 bits per heavy atom. The van der Waals surface area contributed by atoms with Crippen LogP contribution in [0, 0.1) is 5.92 Å². The highest BCUT2D eigenvalue weighted by atomic mass is 16.7. The van der Waals surface area contributed by atoms with E-state index < -0.39 is 0 Å². The molecule has 2 aromatic carbocycles. The minimum absolute atomic E-state index is 0.206. The van der Waals surface area contributed by atoms with Crippen LogP contribution in [-0.4, -0.2) is 19.4 Å². The zero-order chi connectivity index (χ0) is 19.2. The van der Waals surface area contributed by atoms with Gasteiger partial charge in [-0.3, -0.25) is 0 Å². The topological polar surface area (TPSA) is 39.7 Å². The molecule has 27 heavy (non-hydrogen) atoms. The van der Waals surface area contributed by atoms with Gasteiger partial charge in [-0.05, 0) is 74.0 Å². The average molecular weight is 370 g/mol. The van der Waals surface area contributed by atoms with E-state index in [4.69, 9.17) is 14.2 Å². The first-order valence-electron chi connectivity index (χ1n) is 9.89. The Kier molecular flexibility index (Phi) is 6.62. The van der Waals surface area contributed by atoms with Crippen LogP contribution in [0.3, 0.4) is 0 Å². The number of benzene rings is 2. The van der Waals surface area contributed by atoms with Gasteiger partial charge in [0.2, 0.25) is 6.79 Å². The highest BCUT2D eigenvalue weighted by Crippen LogP contribution is 2.32. The second kappa shape index (κ2) is 9.14. The van der Waals surface area contributed by atoms with Gasteiger partial charge in [0.15, 0.2) is 11.5 Å². The van der Waals surface area contributed by atoms with E-state index in [-0.39, 0.29) is 6.10 Å². The molecule has 3 rings (SSSR count). The Balaban J connectivity index is 1.51. The lowest BCUT2D eigenvalue weighted by atomic mass is 9.86. The summed E-state index contributed by atoms with van der Waals surface area (Å²) in [7, 11) is 0. The third-order valence-corrected chi connectivity index (χ3v) is 4.88. The molecule has 0 fully saturated rings. The summed E-state index contributed by atoms with van der Waals surface area (Å²) in [5.41, 5.74) is 2.60. The molecule has 0 radical (unpaired) electrons. The number of ether oxygens (including phenoxy) is 3. The summed E-state index contributed by atoms with van der Waals surface area (Å²) in [6, 6.07) is 14.7. The van der Waals surface area contributed by atoms with Gasteiger partial charge in [-0.15, -0.1) is 0 Å². The van der Waals surface area contributed by atoms with E-state index in [0.717, 1.165) is 36.8 Å². The smallest absolute Gasteiger partial charge is 0.231 e. The Labute approximate surface area is 162 Å². The van der Waals surface area contributed by atoms with Crippen molar-refractivity contribution in [2.24, 2.45) is 5.92 Å². The summed E-state index contributed by atoms with van der Waals surface area (Å²) in [6.07, 6.45) is 1.31. The lowest BCUT2D eigenvalue weighted by molar-refractivity contribution is 0.174. The summed E-state index contributed by atoms with van der Waals surface area (Å²) in [6.45, 7) is 10.8. The Hall–Kier alpha value is -2.20. The Morgan fingerprint density at radius 3 is 2.41 bits per heavy atom. The maximum Gasteiger partial charge on any atom is 0.231 e. The molecule has 0 saturated heterocycles. The van der Waals surface area contributed by atoms with E-state index in [0.29, 0.717) is 18.6 Å². The van der Waals surface area contributed by atoms with Crippen LogP contribution in [0.15, 0.2) is 42.5 Å². The van der Waals surface area contributed by atoms with Gasteiger partial charge in [0.1, 0.15) is 5.75 Å². The van der Waals surface area contributed by atoms with Gasteiger partial charge in [-0.2, -0.15) is 0 Å². The van der Waals surface area contributed by atoms with E-state index >= 15 is 0 Å². The Morgan fingerprint density at radius 1 is 0.963 bits per heavy atom. The fourth-order valence-electron chi connectivity index (χ4n) is 3.49. The van der Waals surface area contributed by atoms with Gasteiger partial charge < -0.3 is 19.5 Å². The van der Waals surface area contributed by atoms with E-state index in [2.05, 4.69) is 69.4 Å². The van der Waals surface area contributed by atoms with E-state index in [1.54, 1.807) is 0 Å². The van der Waals surface area contributed by atoms with Crippen LogP contribution < -0.4 is 19.5 Å². The predicted molar refractivity (Wildman–Crippen MR) is 109 cm³/mol. The van der Waals surface area contributed by atoms with Gasteiger partial charge in [0.05, 0.1) is 6.10 Å². The van der Waals surface area contributed by atoms with Crippen molar-refractivity contribution in [1.82, 2.24) is 5.32 Å². The molecule has 1 aliphatic heterocycles. The second-order valence-corrected chi connectivity index (χ2v) is 7.74. The lowest BCUT2D eigenvalue weighted by Gasteiger charge is -2.22. The fraction of sp³-hybridized carbons (Fsp3) is 0.478. The van der Waals surface area contributed by atoms with Gasteiger partial charge in [-0.25, -0.2) is 0 Å². The summed E-state index contributed by atoms with van der Waals surface area (Å²) in [5.74, 6) is 3.75. The third kappa shape index (κ3) is 5.39. The van der Waals surface area contributed by atoms with Crippen LogP contribution >= 0.6 is 0 Å². The molecule has 1 heterocycles. The van der Waals surface area contributed by atoms with Crippen molar-refractivity contribution in [3.8, 4) is 17.2 Å². The molecule has 0 saturated carbocycles. The average Bonchev–Trinajstić information content (AvgIpc) is 3.09. The normalized spacial score (nSPS) is 14.0. The number of rotatable bonds is 9. The van der Waals surface area contributed by atoms with Gasteiger partial charge in [0, 0.05) is 6.54 Å². The van der Waals surface area contributed by atoms with Gasteiger partial charge in [-0.1, -0.05) is 32.0 Å². The third-order valence-electron chi connectivity index (χ3n) is 4.88. The molecule has 0 spiro atoms. The molecular weight excluding hydrogens is 338 g/mol. The van der Waals surface area contributed by atoms with Crippen LogP contribution in [0.25, 0.3) is 0 Å². The number of fused-ring (bicyclic) bond motifs is 1. The van der Waals surface area contributed by atoms with E-state index in [1.165, 1.54) is 11.1 Å². The van der Waals surface area contributed by atoms with E-state index in [1.807, 2.05) is 6.07 Å².